The number of hydrogen-bond acceptors (Lipinski definition) is 5. The maximum atomic E-state index is 11.8. The number of nitrogens with one attached hydrogen (secondary N) is 1. The highest BCUT2D eigenvalue weighted by Gasteiger charge is 2.21. The van der Waals surface area contributed by atoms with E-state index in [2.05, 4.69) is 5.32 Å². The van der Waals surface area contributed by atoms with Crippen LogP contribution in [0, 0.1) is 0 Å². The van der Waals surface area contributed by atoms with Crippen molar-refractivity contribution in [3.05, 3.63) is 59.7 Å². The third kappa shape index (κ3) is 4.91. The molecule has 0 aromatic heterocycles. The number of carbonyl (C=O) groups excluding carboxylic acids is 1. The standard InChI is InChI=1S/C17H19N3O4/c18-13-7-6-12(8-14(13)19)9-15(16(21)22)20-17(23)24-10-11-4-2-1-3-5-11/h1-8,15H,9-10,18-19H2,(H,20,23)(H,21,22)/t15-/m1/s1. The van der Waals surface area contributed by atoms with Crippen molar-refractivity contribution >= 4 is 23.4 Å². The van der Waals surface area contributed by atoms with Crippen molar-refractivity contribution in [3.8, 4) is 0 Å². The van der Waals surface area contributed by atoms with Gasteiger partial charge in [0.1, 0.15) is 12.6 Å². The quantitative estimate of drug-likeness (QED) is 0.598. The number of nitrogens with two attached hydrogens (primary N) is 2. The van der Waals surface area contributed by atoms with Crippen LogP contribution in [0.5, 0.6) is 0 Å². The molecule has 1 atom stereocenters. The van der Waals surface area contributed by atoms with Crippen molar-refractivity contribution in [1.82, 2.24) is 5.32 Å². The van der Waals surface area contributed by atoms with Gasteiger partial charge in [0.15, 0.2) is 0 Å². The van der Waals surface area contributed by atoms with Gasteiger partial charge in [-0.1, -0.05) is 36.4 Å². The van der Waals surface area contributed by atoms with Gasteiger partial charge >= 0.3 is 12.1 Å². The molecule has 1 amide bonds. The van der Waals surface area contributed by atoms with Crippen LogP contribution >= 0.6 is 0 Å². The molecule has 0 heterocycles. The van der Waals surface area contributed by atoms with Crippen LogP contribution in [0.25, 0.3) is 0 Å². The third-order valence-corrected chi connectivity index (χ3v) is 3.39. The lowest BCUT2D eigenvalue weighted by Gasteiger charge is -2.15. The van der Waals surface area contributed by atoms with E-state index in [0.717, 1.165) is 5.56 Å². The summed E-state index contributed by atoms with van der Waals surface area (Å²) < 4.78 is 5.03. The number of ether oxygens (including phenoxy) is 1. The smallest absolute Gasteiger partial charge is 0.408 e. The van der Waals surface area contributed by atoms with Crippen molar-refractivity contribution in [3.63, 3.8) is 0 Å². The SMILES string of the molecule is Nc1ccc(C[C@@H](NC(=O)OCc2ccccc2)C(=O)O)cc1N. The van der Waals surface area contributed by atoms with Crippen molar-refractivity contribution < 1.29 is 19.4 Å². The number of anilines is 2. The summed E-state index contributed by atoms with van der Waals surface area (Å²) in [6.45, 7) is 0.0633. The Morgan fingerprint density at radius 3 is 2.38 bits per heavy atom. The maximum Gasteiger partial charge on any atom is 0.408 e. The zero-order chi connectivity index (χ0) is 17.5. The van der Waals surface area contributed by atoms with E-state index < -0.39 is 18.1 Å². The number of carboxylic acids is 1. The fourth-order valence-electron chi connectivity index (χ4n) is 2.09. The predicted molar refractivity (Wildman–Crippen MR) is 90.2 cm³/mol. The molecular weight excluding hydrogens is 310 g/mol. The molecule has 7 heteroatoms. The Bertz CT molecular complexity index is 719. The van der Waals surface area contributed by atoms with Crippen LogP contribution in [0.15, 0.2) is 48.5 Å². The summed E-state index contributed by atoms with van der Waals surface area (Å²) in [5.74, 6) is -1.16. The number of alkyl carbamates (subject to hydrolysis) is 1. The minimum Gasteiger partial charge on any atom is -0.480 e. The summed E-state index contributed by atoms with van der Waals surface area (Å²) in [5, 5.41) is 11.6. The van der Waals surface area contributed by atoms with Gasteiger partial charge in [-0.3, -0.25) is 0 Å². The summed E-state index contributed by atoms with van der Waals surface area (Å²) in [4.78, 5) is 23.1. The van der Waals surface area contributed by atoms with Gasteiger partial charge in [0.2, 0.25) is 0 Å². The van der Waals surface area contributed by atoms with E-state index >= 15 is 0 Å². The van der Waals surface area contributed by atoms with Gasteiger partial charge in [0, 0.05) is 6.42 Å². The molecule has 0 bridgehead atoms. The number of carbonyl (C=O) groups is 2. The van der Waals surface area contributed by atoms with Crippen LogP contribution in [0.1, 0.15) is 11.1 Å². The Kier molecular flexibility index (Phi) is 5.62. The molecule has 126 valence electrons. The Hall–Kier alpha value is -3.22. The van der Waals surface area contributed by atoms with E-state index in [4.69, 9.17) is 16.2 Å². The lowest BCUT2D eigenvalue weighted by atomic mass is 10.0. The molecule has 0 unspecified atom stereocenters. The molecule has 0 radical (unpaired) electrons. The zero-order valence-corrected chi connectivity index (χ0v) is 12.9. The van der Waals surface area contributed by atoms with Gasteiger partial charge in [0.25, 0.3) is 0 Å². The van der Waals surface area contributed by atoms with Gasteiger partial charge in [-0.15, -0.1) is 0 Å². The molecule has 0 saturated carbocycles. The Morgan fingerprint density at radius 1 is 1.04 bits per heavy atom. The van der Waals surface area contributed by atoms with E-state index in [1.165, 1.54) is 0 Å². The highest BCUT2D eigenvalue weighted by Crippen LogP contribution is 2.17. The highest BCUT2D eigenvalue weighted by atomic mass is 16.5. The monoisotopic (exact) mass is 329 g/mol. The first kappa shape index (κ1) is 17.1. The third-order valence-electron chi connectivity index (χ3n) is 3.39. The first-order valence-corrected chi connectivity index (χ1v) is 7.29. The average Bonchev–Trinajstić information content (AvgIpc) is 2.56. The first-order chi connectivity index (χ1) is 11.5. The van der Waals surface area contributed by atoms with E-state index in [9.17, 15) is 14.7 Å². The fraction of sp³-hybridized carbons (Fsp3) is 0.176. The summed E-state index contributed by atoms with van der Waals surface area (Å²) >= 11 is 0. The van der Waals surface area contributed by atoms with Crippen LogP contribution in [-0.4, -0.2) is 23.2 Å². The van der Waals surface area contributed by atoms with Gasteiger partial charge in [-0.05, 0) is 23.3 Å². The normalized spacial score (nSPS) is 11.5. The Balaban J connectivity index is 1.93. The molecule has 0 spiro atoms. The van der Waals surface area contributed by atoms with Crippen LogP contribution in [0.4, 0.5) is 16.2 Å². The van der Waals surface area contributed by atoms with Crippen molar-refractivity contribution in [1.29, 1.82) is 0 Å². The minimum absolute atomic E-state index is 0.0633. The maximum absolute atomic E-state index is 11.8. The second-order valence-electron chi connectivity index (χ2n) is 5.26. The molecule has 2 rings (SSSR count). The summed E-state index contributed by atoms with van der Waals surface area (Å²) in [6, 6.07) is 12.8. The predicted octanol–water partition coefficient (Wildman–Crippen LogP) is 1.77. The Morgan fingerprint density at radius 2 is 1.75 bits per heavy atom. The molecule has 0 aliphatic heterocycles. The van der Waals surface area contributed by atoms with Crippen molar-refractivity contribution in [2.45, 2.75) is 19.1 Å². The van der Waals surface area contributed by atoms with Crippen LogP contribution in [-0.2, 0) is 22.6 Å². The van der Waals surface area contributed by atoms with Gasteiger partial charge in [0.05, 0.1) is 11.4 Å². The number of rotatable bonds is 6. The van der Waals surface area contributed by atoms with Crippen molar-refractivity contribution in [2.75, 3.05) is 11.5 Å². The molecule has 2 aromatic rings. The second-order valence-corrected chi connectivity index (χ2v) is 5.26. The number of benzene rings is 2. The molecule has 0 saturated heterocycles. The lowest BCUT2D eigenvalue weighted by molar-refractivity contribution is -0.139. The van der Waals surface area contributed by atoms with Gasteiger partial charge in [-0.25, -0.2) is 9.59 Å². The Labute approximate surface area is 139 Å². The largest absolute Gasteiger partial charge is 0.480 e. The zero-order valence-electron chi connectivity index (χ0n) is 12.9. The van der Waals surface area contributed by atoms with Gasteiger partial charge in [-0.2, -0.15) is 0 Å². The molecule has 6 N–H and O–H groups in total. The van der Waals surface area contributed by atoms with Crippen LogP contribution in [0.2, 0.25) is 0 Å². The summed E-state index contributed by atoms with van der Waals surface area (Å²) in [5.41, 5.74) is 13.6. The van der Waals surface area contributed by atoms with E-state index in [1.807, 2.05) is 18.2 Å². The number of amides is 1. The fourth-order valence-corrected chi connectivity index (χ4v) is 2.09. The number of carboxylic acid groups (broad SMARTS) is 1. The van der Waals surface area contributed by atoms with Crippen LogP contribution < -0.4 is 16.8 Å². The first-order valence-electron chi connectivity index (χ1n) is 7.29. The van der Waals surface area contributed by atoms with E-state index in [0.29, 0.717) is 16.9 Å². The van der Waals surface area contributed by atoms with Crippen molar-refractivity contribution in [2.24, 2.45) is 0 Å². The average molecular weight is 329 g/mol. The number of hydrogen-bond donors (Lipinski definition) is 4. The molecule has 7 nitrogen and oxygen atoms in total. The molecule has 0 aliphatic carbocycles. The number of nitrogen functional groups attached to an aromatic ring is 2. The molecule has 24 heavy (non-hydrogen) atoms. The molecular formula is C17H19N3O4. The topological polar surface area (TPSA) is 128 Å². The summed E-state index contributed by atoms with van der Waals surface area (Å²) in [6.07, 6.45) is -0.727. The highest BCUT2D eigenvalue weighted by molar-refractivity contribution is 5.80. The van der Waals surface area contributed by atoms with E-state index in [-0.39, 0.29) is 13.0 Å². The molecule has 0 fully saturated rings. The second kappa shape index (κ2) is 7.87. The molecule has 2 aromatic carbocycles. The molecule has 0 aliphatic rings. The summed E-state index contributed by atoms with van der Waals surface area (Å²) in [7, 11) is 0. The lowest BCUT2D eigenvalue weighted by Crippen LogP contribution is -2.42. The van der Waals surface area contributed by atoms with Crippen LogP contribution in [0.3, 0.4) is 0 Å². The number of aliphatic carboxylic acids is 1. The van der Waals surface area contributed by atoms with E-state index in [1.54, 1.807) is 30.3 Å². The minimum atomic E-state index is -1.16. The van der Waals surface area contributed by atoms with Gasteiger partial charge < -0.3 is 26.6 Å².